The molecule has 0 rings (SSSR count). The SMILES string of the molecule is CCNC(C#N)CCOCC. The molecule has 1 N–H and O–H groups in total. The fourth-order valence-corrected chi connectivity index (χ4v) is 0.804. The van der Waals surface area contributed by atoms with E-state index in [9.17, 15) is 0 Å². The summed E-state index contributed by atoms with van der Waals surface area (Å²) in [6.45, 7) is 6.18. The zero-order valence-electron chi connectivity index (χ0n) is 7.26. The molecule has 11 heavy (non-hydrogen) atoms. The third kappa shape index (κ3) is 5.84. The molecule has 0 saturated heterocycles. The van der Waals surface area contributed by atoms with Gasteiger partial charge in [-0.15, -0.1) is 0 Å². The molecule has 1 unspecified atom stereocenters. The summed E-state index contributed by atoms with van der Waals surface area (Å²) in [6.07, 6.45) is 0.776. The first-order valence-corrected chi connectivity index (χ1v) is 4.05. The van der Waals surface area contributed by atoms with Crippen LogP contribution in [0.15, 0.2) is 0 Å². The Morgan fingerprint density at radius 1 is 1.55 bits per heavy atom. The predicted octanol–water partition coefficient (Wildman–Crippen LogP) is 0.915. The molecule has 0 aliphatic carbocycles. The number of nitrogens with zero attached hydrogens (tertiary/aromatic N) is 1. The average Bonchev–Trinajstić information content (AvgIpc) is 2.03. The van der Waals surface area contributed by atoms with E-state index in [1.807, 2.05) is 13.8 Å². The van der Waals surface area contributed by atoms with Crippen LogP contribution in [0, 0.1) is 11.3 Å². The maximum absolute atomic E-state index is 8.59. The van der Waals surface area contributed by atoms with Crippen molar-refractivity contribution >= 4 is 0 Å². The first kappa shape index (κ1) is 10.4. The van der Waals surface area contributed by atoms with Crippen molar-refractivity contribution < 1.29 is 4.74 Å². The number of hydrogen-bond acceptors (Lipinski definition) is 3. The Hall–Kier alpha value is -0.590. The summed E-state index contributed by atoms with van der Waals surface area (Å²) in [6, 6.07) is 2.12. The molecule has 1 atom stereocenters. The molecule has 0 heterocycles. The zero-order valence-corrected chi connectivity index (χ0v) is 7.26. The normalized spacial score (nSPS) is 12.5. The Bertz CT molecular complexity index is 120. The molecule has 0 bridgehead atoms. The van der Waals surface area contributed by atoms with E-state index in [0.717, 1.165) is 19.6 Å². The van der Waals surface area contributed by atoms with Gasteiger partial charge in [0.1, 0.15) is 0 Å². The van der Waals surface area contributed by atoms with Gasteiger partial charge in [-0.25, -0.2) is 0 Å². The van der Waals surface area contributed by atoms with Crippen LogP contribution in [0.25, 0.3) is 0 Å². The largest absolute Gasteiger partial charge is 0.382 e. The van der Waals surface area contributed by atoms with Crippen LogP contribution in [0.2, 0.25) is 0 Å². The summed E-state index contributed by atoms with van der Waals surface area (Å²) in [4.78, 5) is 0. The molecular formula is C8H16N2O. The average molecular weight is 156 g/mol. The number of nitrogens with one attached hydrogen (secondary N) is 1. The van der Waals surface area contributed by atoms with Gasteiger partial charge in [0.2, 0.25) is 0 Å². The highest BCUT2D eigenvalue weighted by molar-refractivity contribution is 4.88. The second-order valence-corrected chi connectivity index (χ2v) is 2.22. The van der Waals surface area contributed by atoms with Crippen LogP contribution in [0.3, 0.4) is 0 Å². The van der Waals surface area contributed by atoms with E-state index in [-0.39, 0.29) is 6.04 Å². The highest BCUT2D eigenvalue weighted by atomic mass is 16.5. The van der Waals surface area contributed by atoms with Crippen molar-refractivity contribution in [2.45, 2.75) is 26.3 Å². The molecule has 0 amide bonds. The molecule has 0 saturated carbocycles. The monoisotopic (exact) mass is 156 g/mol. The summed E-state index contributed by atoms with van der Waals surface area (Å²) in [5.41, 5.74) is 0. The minimum Gasteiger partial charge on any atom is -0.382 e. The van der Waals surface area contributed by atoms with Gasteiger partial charge in [0.15, 0.2) is 0 Å². The van der Waals surface area contributed by atoms with Crippen LogP contribution in [-0.2, 0) is 4.74 Å². The Balaban J connectivity index is 3.30. The van der Waals surface area contributed by atoms with Crippen LogP contribution >= 0.6 is 0 Å². The number of hydrogen-bond donors (Lipinski definition) is 1. The van der Waals surface area contributed by atoms with Crippen molar-refractivity contribution in [3.05, 3.63) is 0 Å². The van der Waals surface area contributed by atoms with Crippen molar-refractivity contribution in [3.8, 4) is 6.07 Å². The lowest BCUT2D eigenvalue weighted by molar-refractivity contribution is 0.141. The van der Waals surface area contributed by atoms with Crippen LogP contribution in [0.5, 0.6) is 0 Å². The molecule has 0 radical (unpaired) electrons. The van der Waals surface area contributed by atoms with Crippen molar-refractivity contribution in [1.82, 2.24) is 5.32 Å². The molecule has 3 heteroatoms. The van der Waals surface area contributed by atoms with E-state index in [1.165, 1.54) is 0 Å². The van der Waals surface area contributed by atoms with Gasteiger partial charge in [-0.1, -0.05) is 6.92 Å². The van der Waals surface area contributed by atoms with Gasteiger partial charge in [0.25, 0.3) is 0 Å². The molecule has 0 aliphatic rings. The standard InChI is InChI=1S/C8H16N2O/c1-3-10-8(7-9)5-6-11-4-2/h8,10H,3-6H2,1-2H3. The first-order chi connectivity index (χ1) is 5.35. The topological polar surface area (TPSA) is 45.0 Å². The molecule has 0 aromatic carbocycles. The van der Waals surface area contributed by atoms with Crippen molar-refractivity contribution in [3.63, 3.8) is 0 Å². The van der Waals surface area contributed by atoms with Crippen molar-refractivity contribution in [1.29, 1.82) is 5.26 Å². The van der Waals surface area contributed by atoms with Gasteiger partial charge in [0.05, 0.1) is 12.1 Å². The molecule has 0 aromatic rings. The summed E-state index contributed by atoms with van der Waals surface area (Å²) < 4.78 is 5.12. The highest BCUT2D eigenvalue weighted by Gasteiger charge is 2.03. The molecule has 0 spiro atoms. The van der Waals surface area contributed by atoms with Crippen LogP contribution in [-0.4, -0.2) is 25.8 Å². The van der Waals surface area contributed by atoms with Gasteiger partial charge < -0.3 is 10.1 Å². The Kier molecular flexibility index (Phi) is 7.11. The van der Waals surface area contributed by atoms with Crippen LogP contribution in [0.4, 0.5) is 0 Å². The number of rotatable bonds is 6. The van der Waals surface area contributed by atoms with Gasteiger partial charge in [0, 0.05) is 13.2 Å². The van der Waals surface area contributed by atoms with E-state index < -0.39 is 0 Å². The molecule has 3 nitrogen and oxygen atoms in total. The molecule has 64 valence electrons. The Labute approximate surface area is 68.3 Å². The lowest BCUT2D eigenvalue weighted by Crippen LogP contribution is -2.28. The molecule has 0 fully saturated rings. The third-order valence-electron chi connectivity index (χ3n) is 1.36. The van der Waals surface area contributed by atoms with E-state index in [2.05, 4.69) is 11.4 Å². The quantitative estimate of drug-likeness (QED) is 0.581. The highest BCUT2D eigenvalue weighted by Crippen LogP contribution is 1.90. The van der Waals surface area contributed by atoms with Crippen molar-refractivity contribution in [2.24, 2.45) is 0 Å². The lowest BCUT2D eigenvalue weighted by Gasteiger charge is -2.08. The van der Waals surface area contributed by atoms with Gasteiger partial charge >= 0.3 is 0 Å². The minimum atomic E-state index is -0.0495. The summed E-state index contributed by atoms with van der Waals surface area (Å²) in [5.74, 6) is 0. The smallest absolute Gasteiger partial charge is 0.0974 e. The summed E-state index contributed by atoms with van der Waals surface area (Å²) in [5, 5.41) is 11.6. The first-order valence-electron chi connectivity index (χ1n) is 4.05. The number of ether oxygens (including phenoxy) is 1. The second-order valence-electron chi connectivity index (χ2n) is 2.22. The molecular weight excluding hydrogens is 140 g/mol. The fraction of sp³-hybridized carbons (Fsp3) is 0.875. The number of nitriles is 1. The Morgan fingerprint density at radius 3 is 2.73 bits per heavy atom. The van der Waals surface area contributed by atoms with E-state index >= 15 is 0 Å². The zero-order chi connectivity index (χ0) is 8.53. The van der Waals surface area contributed by atoms with Crippen LogP contribution < -0.4 is 5.32 Å². The van der Waals surface area contributed by atoms with E-state index in [0.29, 0.717) is 6.61 Å². The second kappa shape index (κ2) is 7.52. The lowest BCUT2D eigenvalue weighted by atomic mass is 10.2. The summed E-state index contributed by atoms with van der Waals surface area (Å²) in [7, 11) is 0. The summed E-state index contributed by atoms with van der Waals surface area (Å²) >= 11 is 0. The predicted molar refractivity (Wildman–Crippen MR) is 44.2 cm³/mol. The maximum atomic E-state index is 8.59. The van der Waals surface area contributed by atoms with Gasteiger partial charge in [-0.2, -0.15) is 5.26 Å². The molecule has 0 aromatic heterocycles. The molecule has 0 aliphatic heterocycles. The van der Waals surface area contributed by atoms with E-state index in [1.54, 1.807) is 0 Å². The van der Waals surface area contributed by atoms with Crippen molar-refractivity contribution in [2.75, 3.05) is 19.8 Å². The third-order valence-corrected chi connectivity index (χ3v) is 1.36. The maximum Gasteiger partial charge on any atom is 0.0974 e. The van der Waals surface area contributed by atoms with Crippen LogP contribution in [0.1, 0.15) is 20.3 Å². The Morgan fingerprint density at radius 2 is 2.27 bits per heavy atom. The minimum absolute atomic E-state index is 0.0495. The van der Waals surface area contributed by atoms with Gasteiger partial charge in [-0.05, 0) is 19.9 Å². The van der Waals surface area contributed by atoms with Gasteiger partial charge in [-0.3, -0.25) is 0 Å². The fourth-order valence-electron chi connectivity index (χ4n) is 0.804. The van der Waals surface area contributed by atoms with E-state index in [4.69, 9.17) is 10.00 Å².